The molecule has 0 spiro atoms. The Morgan fingerprint density at radius 2 is 0.914 bits per heavy atom. The van der Waals surface area contributed by atoms with E-state index in [1.54, 1.807) is 0 Å². The van der Waals surface area contributed by atoms with Crippen molar-refractivity contribution in [2.45, 2.75) is 61.4 Å². The fourth-order valence-electron chi connectivity index (χ4n) is 3.31. The van der Waals surface area contributed by atoms with E-state index < -0.39 is 85.6 Å². The zero-order valence-corrected chi connectivity index (χ0v) is 16.5. The van der Waals surface area contributed by atoms with E-state index >= 15 is 0 Å². The Labute approximate surface area is 182 Å². The van der Waals surface area contributed by atoms with E-state index in [2.05, 4.69) is 9.47 Å². The van der Waals surface area contributed by atoms with Gasteiger partial charge in [0.2, 0.25) is 0 Å². The first-order chi connectivity index (χ1) is 15.1. The van der Waals surface area contributed by atoms with Crippen molar-refractivity contribution < 1.29 is 88.5 Å². The van der Waals surface area contributed by atoms with Crippen LogP contribution in [0.5, 0.6) is 0 Å². The minimum atomic E-state index is -7.84. The molecule has 0 aromatic carbocycles. The molecule has 1 unspecified atom stereocenters. The zero-order chi connectivity index (χ0) is 28.3. The van der Waals surface area contributed by atoms with E-state index in [4.69, 9.17) is 0 Å². The van der Waals surface area contributed by atoms with Gasteiger partial charge < -0.3 is 9.47 Å². The van der Waals surface area contributed by atoms with E-state index in [0.717, 1.165) is 0 Å². The minimum absolute atomic E-state index is 0.708. The van der Waals surface area contributed by atoms with Gasteiger partial charge in [0, 0.05) is 0 Å². The summed E-state index contributed by atoms with van der Waals surface area (Å²) in [6.07, 6.45) is -39.0. The molecule has 1 fully saturated rings. The molecule has 0 radical (unpaired) electrons. The normalized spacial score (nSPS) is 20.6. The average Bonchev–Trinajstić information content (AvgIpc) is 2.55. The monoisotopic (exact) mass is 566 g/mol. The highest BCUT2D eigenvalue weighted by Crippen LogP contribution is 2.62. The summed E-state index contributed by atoms with van der Waals surface area (Å²) in [5.74, 6) is -11.8. The molecule has 35 heavy (non-hydrogen) atoms. The molecule has 0 N–H and O–H groups in total. The third-order valence-electron chi connectivity index (χ3n) is 5.54. The van der Waals surface area contributed by atoms with Crippen LogP contribution in [0, 0.1) is 11.3 Å². The molecule has 210 valence electrons. The number of halogens is 18. The first-order valence-corrected chi connectivity index (χ1v) is 8.73. The van der Waals surface area contributed by atoms with Crippen LogP contribution in [0.3, 0.4) is 0 Å². The molecule has 1 heterocycles. The largest absolute Gasteiger partial charge is 0.449 e. The maximum absolute atomic E-state index is 14.9. The molecule has 0 aliphatic carbocycles. The van der Waals surface area contributed by atoms with Crippen LogP contribution in [-0.4, -0.2) is 67.9 Å². The SMILES string of the molecule is CCC1(C(F)(OCC(C(F)(C(F)(F)F)C(F)(F)F)C(F)(C(F)(F)F)C(F)(F)F)C(F)(F)F)COC1. The van der Waals surface area contributed by atoms with Crippen molar-refractivity contribution in [3.8, 4) is 0 Å². The van der Waals surface area contributed by atoms with Crippen molar-refractivity contribution in [1.82, 2.24) is 0 Å². The maximum Gasteiger partial charge on any atom is 0.449 e. The molecule has 0 amide bonds. The van der Waals surface area contributed by atoms with Crippen LogP contribution in [0.2, 0.25) is 0 Å². The third-order valence-corrected chi connectivity index (χ3v) is 5.54. The predicted octanol–water partition coefficient (Wildman–Crippen LogP) is 6.94. The fourth-order valence-corrected chi connectivity index (χ4v) is 3.31. The van der Waals surface area contributed by atoms with Gasteiger partial charge in [0.15, 0.2) is 0 Å². The Morgan fingerprint density at radius 3 is 1.09 bits per heavy atom. The highest BCUT2D eigenvalue weighted by Gasteiger charge is 2.88. The van der Waals surface area contributed by atoms with Crippen molar-refractivity contribution in [3.05, 3.63) is 0 Å². The van der Waals surface area contributed by atoms with E-state index in [9.17, 15) is 79.0 Å². The molecule has 2 nitrogen and oxygen atoms in total. The molecule has 0 aromatic heterocycles. The molecule has 0 saturated carbocycles. The maximum atomic E-state index is 14.9. The van der Waals surface area contributed by atoms with E-state index in [1.807, 2.05) is 0 Å². The molecule has 0 aromatic rings. The molecule has 1 aliphatic heterocycles. The fraction of sp³-hybridized carbons (Fsp3) is 1.00. The van der Waals surface area contributed by atoms with Gasteiger partial charge in [-0.2, -0.15) is 65.9 Å². The van der Waals surface area contributed by atoms with Gasteiger partial charge in [0.1, 0.15) is 0 Å². The van der Waals surface area contributed by atoms with Gasteiger partial charge in [-0.1, -0.05) is 6.92 Å². The van der Waals surface area contributed by atoms with Gasteiger partial charge in [0.25, 0.3) is 0 Å². The lowest BCUT2D eigenvalue weighted by Gasteiger charge is -2.51. The average molecular weight is 566 g/mol. The molecular formula is C15H12F18O2. The topological polar surface area (TPSA) is 18.5 Å². The Kier molecular flexibility index (Phi) is 7.80. The highest BCUT2D eigenvalue weighted by molar-refractivity contribution is 5.13. The highest BCUT2D eigenvalue weighted by atomic mass is 19.4. The van der Waals surface area contributed by atoms with Crippen molar-refractivity contribution >= 4 is 0 Å². The van der Waals surface area contributed by atoms with E-state index in [0.29, 0.717) is 6.92 Å². The summed E-state index contributed by atoms with van der Waals surface area (Å²) < 4.78 is 247. The summed E-state index contributed by atoms with van der Waals surface area (Å²) in [4.78, 5) is 0. The van der Waals surface area contributed by atoms with Crippen LogP contribution in [0.25, 0.3) is 0 Å². The van der Waals surface area contributed by atoms with Crippen molar-refractivity contribution in [1.29, 1.82) is 0 Å². The first-order valence-electron chi connectivity index (χ1n) is 8.73. The molecule has 1 atom stereocenters. The summed E-state index contributed by atoms with van der Waals surface area (Å²) in [6, 6.07) is 0. The summed E-state index contributed by atoms with van der Waals surface area (Å²) in [7, 11) is 0. The van der Waals surface area contributed by atoms with Crippen LogP contribution in [0.15, 0.2) is 0 Å². The quantitative estimate of drug-likeness (QED) is 0.311. The molecular weight excluding hydrogens is 554 g/mol. The Hall–Kier alpha value is -1.34. The number of ether oxygens (including phenoxy) is 2. The summed E-state index contributed by atoms with van der Waals surface area (Å²) in [5.41, 5.74) is -18.8. The van der Waals surface area contributed by atoms with Gasteiger partial charge in [-0.05, 0) is 6.42 Å². The van der Waals surface area contributed by atoms with Gasteiger partial charge in [-0.15, -0.1) is 0 Å². The predicted molar refractivity (Wildman–Crippen MR) is 74.8 cm³/mol. The second kappa shape index (κ2) is 8.61. The van der Waals surface area contributed by atoms with Gasteiger partial charge in [0.05, 0.1) is 31.2 Å². The third kappa shape index (κ3) is 4.60. The Morgan fingerprint density at radius 1 is 0.600 bits per heavy atom. The van der Waals surface area contributed by atoms with Crippen LogP contribution in [0.1, 0.15) is 13.3 Å². The van der Waals surface area contributed by atoms with Crippen molar-refractivity contribution in [2.24, 2.45) is 11.3 Å². The second-order valence-electron chi connectivity index (χ2n) is 7.50. The van der Waals surface area contributed by atoms with E-state index in [-0.39, 0.29) is 0 Å². The smallest absolute Gasteiger partial charge is 0.380 e. The minimum Gasteiger partial charge on any atom is -0.380 e. The molecule has 20 heteroatoms. The lowest BCUT2D eigenvalue weighted by Crippen LogP contribution is -2.72. The number of hydrogen-bond donors (Lipinski definition) is 0. The number of alkyl halides is 18. The van der Waals surface area contributed by atoms with Crippen LogP contribution in [0.4, 0.5) is 79.0 Å². The van der Waals surface area contributed by atoms with Crippen molar-refractivity contribution in [3.63, 3.8) is 0 Å². The van der Waals surface area contributed by atoms with Crippen LogP contribution in [-0.2, 0) is 9.47 Å². The molecule has 0 bridgehead atoms. The molecule has 1 aliphatic rings. The van der Waals surface area contributed by atoms with Crippen LogP contribution < -0.4 is 0 Å². The lowest BCUT2D eigenvalue weighted by molar-refractivity contribution is -0.442. The Balaban J connectivity index is 3.94. The lowest BCUT2D eigenvalue weighted by atomic mass is 9.73. The number of rotatable bonds is 7. The first kappa shape index (κ1) is 31.7. The van der Waals surface area contributed by atoms with Gasteiger partial charge >= 0.3 is 48.1 Å². The second-order valence-corrected chi connectivity index (χ2v) is 7.50. The molecule has 1 saturated heterocycles. The summed E-state index contributed by atoms with van der Waals surface area (Å²) in [6.45, 7) is -6.01. The number of hydrogen-bond acceptors (Lipinski definition) is 2. The molecule has 1 rings (SSSR count). The summed E-state index contributed by atoms with van der Waals surface area (Å²) >= 11 is 0. The standard InChI is InChI=1S/C15H12F18O2/c1-2-7(4-34-5-7)10(18,15(31,32)33)35-3-6(8(16,11(19,20)21)12(22,23)24)9(17,13(25,26)27)14(28,29)30/h6H,2-5H2,1H3. The van der Waals surface area contributed by atoms with Crippen LogP contribution >= 0.6 is 0 Å². The summed E-state index contributed by atoms with van der Waals surface area (Å²) in [5, 5.41) is 0. The van der Waals surface area contributed by atoms with Gasteiger partial charge in [-0.25, -0.2) is 13.2 Å². The van der Waals surface area contributed by atoms with Gasteiger partial charge in [-0.3, -0.25) is 0 Å². The van der Waals surface area contributed by atoms with E-state index in [1.165, 1.54) is 0 Å². The Bertz CT molecular complexity index is 668. The zero-order valence-electron chi connectivity index (χ0n) is 16.5. The van der Waals surface area contributed by atoms with Crippen molar-refractivity contribution in [2.75, 3.05) is 19.8 Å².